The molecule has 1 aromatic heterocycles. The first-order chi connectivity index (χ1) is 12.9. The van der Waals surface area contributed by atoms with Crippen molar-refractivity contribution in [3.8, 4) is 5.75 Å². The molecule has 2 aromatic carbocycles. The van der Waals surface area contributed by atoms with E-state index in [9.17, 15) is 18.4 Å². The number of methoxy groups -OCH3 is 2. The van der Waals surface area contributed by atoms with Gasteiger partial charge in [-0.1, -0.05) is 0 Å². The number of halogens is 2. The average molecular weight is 392 g/mol. The second kappa shape index (κ2) is 7.58. The van der Waals surface area contributed by atoms with Crippen LogP contribution in [0.5, 0.6) is 5.75 Å². The Morgan fingerprint density at radius 1 is 1.04 bits per heavy atom. The maximum absolute atomic E-state index is 13.6. The molecule has 140 valence electrons. The molecule has 0 fully saturated rings. The molecule has 0 spiro atoms. The van der Waals surface area contributed by atoms with Gasteiger partial charge in [-0.3, -0.25) is 0 Å². The van der Waals surface area contributed by atoms with Crippen LogP contribution in [-0.4, -0.2) is 26.2 Å². The second-order valence-corrected chi connectivity index (χ2v) is 6.42. The van der Waals surface area contributed by atoms with Gasteiger partial charge in [-0.2, -0.15) is 0 Å². The zero-order valence-corrected chi connectivity index (χ0v) is 15.1. The van der Waals surface area contributed by atoms with E-state index in [1.807, 2.05) is 0 Å². The second-order valence-electron chi connectivity index (χ2n) is 5.37. The fourth-order valence-corrected chi connectivity index (χ4v) is 3.53. The van der Waals surface area contributed by atoms with E-state index in [0.29, 0.717) is 21.7 Å². The molecule has 0 saturated carbocycles. The third kappa shape index (κ3) is 3.82. The summed E-state index contributed by atoms with van der Waals surface area (Å²) in [6.45, 7) is 0. The molecule has 9 heteroatoms. The third-order valence-corrected chi connectivity index (χ3v) is 4.78. The molecule has 0 unspecified atom stereocenters. The van der Waals surface area contributed by atoms with E-state index >= 15 is 0 Å². The summed E-state index contributed by atoms with van der Waals surface area (Å²) < 4.78 is 37.6. The largest absolute Gasteiger partial charge is 0.494 e. The van der Waals surface area contributed by atoms with E-state index in [1.165, 1.54) is 25.6 Å². The number of esters is 1. The highest BCUT2D eigenvalue weighted by Gasteiger charge is 2.20. The zero-order valence-electron chi connectivity index (χ0n) is 14.3. The summed E-state index contributed by atoms with van der Waals surface area (Å²) in [7, 11) is 2.70. The number of amides is 2. The number of rotatable bonds is 4. The van der Waals surface area contributed by atoms with Gasteiger partial charge < -0.3 is 20.1 Å². The van der Waals surface area contributed by atoms with Gasteiger partial charge in [0.25, 0.3) is 0 Å². The molecule has 0 aliphatic carbocycles. The van der Waals surface area contributed by atoms with Crippen molar-refractivity contribution >= 4 is 44.8 Å². The summed E-state index contributed by atoms with van der Waals surface area (Å²) in [6.07, 6.45) is 0. The van der Waals surface area contributed by atoms with Crippen LogP contribution >= 0.6 is 11.3 Å². The molecule has 3 rings (SSSR count). The predicted octanol–water partition coefficient (Wildman–Crippen LogP) is 4.62. The Hall–Kier alpha value is -3.20. The van der Waals surface area contributed by atoms with Crippen molar-refractivity contribution in [1.82, 2.24) is 0 Å². The standard InChI is InChI=1S/C18H14F2N2O4S/c1-25-15-11-8-10(4-6-14(11)27-16(15)17(23)26-2)21-18(24)22-13-7-9(19)3-5-12(13)20/h3-8H,1-2H3,(H2,21,22,24). The highest BCUT2D eigenvalue weighted by Crippen LogP contribution is 2.39. The molecule has 3 aromatic rings. The van der Waals surface area contributed by atoms with Gasteiger partial charge in [-0.15, -0.1) is 11.3 Å². The number of urea groups is 1. The number of benzene rings is 2. The van der Waals surface area contributed by atoms with Gasteiger partial charge in [0, 0.05) is 21.8 Å². The van der Waals surface area contributed by atoms with Gasteiger partial charge >= 0.3 is 12.0 Å². The van der Waals surface area contributed by atoms with E-state index in [1.54, 1.807) is 18.2 Å². The normalized spacial score (nSPS) is 10.5. The van der Waals surface area contributed by atoms with Crippen LogP contribution in [0.25, 0.3) is 10.1 Å². The van der Waals surface area contributed by atoms with Crippen LogP contribution < -0.4 is 15.4 Å². The van der Waals surface area contributed by atoms with Crippen LogP contribution in [0.15, 0.2) is 36.4 Å². The topological polar surface area (TPSA) is 76.7 Å². The van der Waals surface area contributed by atoms with Crippen molar-refractivity contribution in [3.63, 3.8) is 0 Å². The first-order valence-electron chi connectivity index (χ1n) is 7.65. The maximum Gasteiger partial charge on any atom is 0.351 e. The van der Waals surface area contributed by atoms with Crippen LogP contribution in [0.1, 0.15) is 9.67 Å². The van der Waals surface area contributed by atoms with Crippen molar-refractivity contribution in [2.45, 2.75) is 0 Å². The molecule has 2 N–H and O–H groups in total. The predicted molar refractivity (Wildman–Crippen MR) is 98.7 cm³/mol. The lowest BCUT2D eigenvalue weighted by Gasteiger charge is -2.09. The van der Waals surface area contributed by atoms with Gasteiger partial charge in [0.15, 0.2) is 10.6 Å². The van der Waals surface area contributed by atoms with Gasteiger partial charge in [-0.05, 0) is 30.3 Å². The molecular weight excluding hydrogens is 378 g/mol. The molecule has 1 heterocycles. The number of fused-ring (bicyclic) bond motifs is 1. The number of carbonyl (C=O) groups excluding carboxylic acids is 2. The molecule has 0 aliphatic heterocycles. The molecule has 0 aliphatic rings. The lowest BCUT2D eigenvalue weighted by atomic mass is 10.2. The van der Waals surface area contributed by atoms with E-state index in [2.05, 4.69) is 10.6 Å². The SMILES string of the molecule is COC(=O)c1sc2ccc(NC(=O)Nc3cc(F)ccc3F)cc2c1OC. The molecule has 0 atom stereocenters. The van der Waals surface area contributed by atoms with Crippen LogP contribution in [-0.2, 0) is 4.74 Å². The number of thiophene rings is 1. The Labute approximate surface area is 156 Å². The Morgan fingerprint density at radius 2 is 1.81 bits per heavy atom. The summed E-state index contributed by atoms with van der Waals surface area (Å²) >= 11 is 1.20. The van der Waals surface area contributed by atoms with Gasteiger partial charge in [-0.25, -0.2) is 18.4 Å². The fourth-order valence-electron chi connectivity index (χ4n) is 2.46. The Kier molecular flexibility index (Phi) is 5.22. The molecule has 0 saturated heterocycles. The summed E-state index contributed by atoms with van der Waals surface area (Å²) in [5.41, 5.74) is 0.0963. The molecular formula is C18H14F2N2O4S. The molecule has 6 nitrogen and oxygen atoms in total. The van der Waals surface area contributed by atoms with Crippen molar-refractivity contribution in [2.24, 2.45) is 0 Å². The van der Waals surface area contributed by atoms with Crippen LogP contribution in [0.2, 0.25) is 0 Å². The molecule has 0 radical (unpaired) electrons. The third-order valence-electron chi connectivity index (χ3n) is 3.65. The number of anilines is 2. The van der Waals surface area contributed by atoms with Gasteiger partial charge in [0.2, 0.25) is 0 Å². The Balaban J connectivity index is 1.85. The number of ether oxygens (including phenoxy) is 2. The number of hydrogen-bond donors (Lipinski definition) is 2. The first kappa shape index (κ1) is 18.6. The highest BCUT2D eigenvalue weighted by atomic mass is 32.1. The van der Waals surface area contributed by atoms with Crippen molar-refractivity contribution in [3.05, 3.63) is 52.9 Å². The molecule has 2 amide bonds. The van der Waals surface area contributed by atoms with Crippen molar-refractivity contribution < 1.29 is 27.8 Å². The number of hydrogen-bond acceptors (Lipinski definition) is 5. The molecule has 27 heavy (non-hydrogen) atoms. The quantitative estimate of drug-likeness (QED) is 0.636. The fraction of sp³-hybridized carbons (Fsp3) is 0.111. The zero-order chi connectivity index (χ0) is 19.6. The highest BCUT2D eigenvalue weighted by molar-refractivity contribution is 7.21. The van der Waals surface area contributed by atoms with Crippen molar-refractivity contribution in [1.29, 1.82) is 0 Å². The van der Waals surface area contributed by atoms with Crippen LogP contribution in [0.4, 0.5) is 25.0 Å². The smallest absolute Gasteiger partial charge is 0.351 e. The minimum Gasteiger partial charge on any atom is -0.494 e. The lowest BCUT2D eigenvalue weighted by molar-refractivity contribution is 0.0603. The monoisotopic (exact) mass is 392 g/mol. The lowest BCUT2D eigenvalue weighted by Crippen LogP contribution is -2.20. The number of carbonyl (C=O) groups is 2. The summed E-state index contributed by atoms with van der Waals surface area (Å²) in [5.74, 6) is -1.63. The Bertz CT molecular complexity index is 1040. The van der Waals surface area contributed by atoms with E-state index in [4.69, 9.17) is 9.47 Å². The Morgan fingerprint density at radius 3 is 2.52 bits per heavy atom. The number of nitrogens with one attached hydrogen (secondary N) is 2. The van der Waals surface area contributed by atoms with E-state index in [0.717, 1.165) is 22.9 Å². The minimum absolute atomic E-state index is 0.283. The minimum atomic E-state index is -0.760. The van der Waals surface area contributed by atoms with Gasteiger partial charge in [0.1, 0.15) is 11.6 Å². The van der Waals surface area contributed by atoms with Crippen LogP contribution in [0, 0.1) is 11.6 Å². The summed E-state index contributed by atoms with van der Waals surface area (Å²) in [6, 6.07) is 6.92. The average Bonchev–Trinajstić information content (AvgIpc) is 3.01. The maximum atomic E-state index is 13.6. The van der Waals surface area contributed by atoms with Crippen molar-refractivity contribution in [2.75, 3.05) is 24.9 Å². The van der Waals surface area contributed by atoms with E-state index < -0.39 is 23.6 Å². The summed E-state index contributed by atoms with van der Waals surface area (Å²) in [5, 5.41) is 5.38. The molecule has 0 bridgehead atoms. The first-order valence-corrected chi connectivity index (χ1v) is 8.46. The van der Waals surface area contributed by atoms with Crippen LogP contribution in [0.3, 0.4) is 0 Å². The van der Waals surface area contributed by atoms with Gasteiger partial charge in [0.05, 0.1) is 19.9 Å². The van der Waals surface area contributed by atoms with E-state index in [-0.39, 0.29) is 5.69 Å². The summed E-state index contributed by atoms with van der Waals surface area (Å²) in [4.78, 5) is 24.2.